The Balaban J connectivity index is 1.41. The summed E-state index contributed by atoms with van der Waals surface area (Å²) in [5, 5.41) is 12.4. The SMILES string of the molecule is N#CC1CSCN1C(=O)CNC(=O)c1ccnc2ccc(N3CC(CCC(F)(F)F)C3)cc12. The van der Waals surface area contributed by atoms with Crippen LogP contribution in [0.4, 0.5) is 18.9 Å². The standard InChI is InChI=1S/C22H22F3N5O2S/c23-22(24,25)5-3-14-10-29(11-14)15-1-2-19-18(7-15)17(4-6-27-19)21(32)28-9-20(31)30-13-33-12-16(30)8-26/h1-2,4,6-7,14,16H,3,5,9-13H2,(H,28,32). The Kier molecular flexibility index (Phi) is 6.65. The van der Waals surface area contributed by atoms with Crippen molar-refractivity contribution in [3.05, 3.63) is 36.0 Å². The maximum Gasteiger partial charge on any atom is 0.389 e. The minimum absolute atomic E-state index is 0.00834. The molecule has 0 saturated carbocycles. The molecule has 0 radical (unpaired) electrons. The molecule has 3 heterocycles. The number of nitrogens with one attached hydrogen (secondary N) is 1. The van der Waals surface area contributed by atoms with Crippen LogP contribution in [-0.2, 0) is 4.79 Å². The lowest BCUT2D eigenvalue weighted by atomic mass is 9.93. The summed E-state index contributed by atoms with van der Waals surface area (Å²) in [5.74, 6) is 0.228. The molecule has 1 aromatic heterocycles. The molecule has 2 aliphatic rings. The van der Waals surface area contributed by atoms with Crippen molar-refractivity contribution in [3.8, 4) is 6.07 Å². The van der Waals surface area contributed by atoms with E-state index in [4.69, 9.17) is 5.26 Å². The number of aromatic nitrogens is 1. The van der Waals surface area contributed by atoms with Gasteiger partial charge in [0, 0.05) is 42.5 Å². The molecule has 11 heteroatoms. The highest BCUT2D eigenvalue weighted by molar-refractivity contribution is 7.99. The molecule has 2 fully saturated rings. The van der Waals surface area contributed by atoms with Gasteiger partial charge in [-0.2, -0.15) is 18.4 Å². The third-order valence-corrected chi connectivity index (χ3v) is 6.89. The van der Waals surface area contributed by atoms with Crippen molar-refractivity contribution in [2.75, 3.05) is 36.2 Å². The number of hydrogen-bond acceptors (Lipinski definition) is 6. The molecule has 33 heavy (non-hydrogen) atoms. The molecule has 2 aliphatic heterocycles. The topological polar surface area (TPSA) is 89.3 Å². The average Bonchev–Trinajstić information content (AvgIpc) is 3.24. The van der Waals surface area contributed by atoms with Gasteiger partial charge in [-0.15, -0.1) is 11.8 Å². The number of pyridine rings is 1. The zero-order valence-electron chi connectivity index (χ0n) is 17.6. The van der Waals surface area contributed by atoms with Crippen LogP contribution in [0.1, 0.15) is 23.2 Å². The number of nitrogens with zero attached hydrogens (tertiary/aromatic N) is 4. The number of carbonyl (C=O) groups excluding carboxylic acids is 2. The number of alkyl halides is 3. The Bertz CT molecular complexity index is 1100. The number of amides is 2. The Labute approximate surface area is 192 Å². The molecule has 174 valence electrons. The van der Waals surface area contributed by atoms with E-state index in [0.29, 0.717) is 41.2 Å². The molecular formula is C22H22F3N5O2S. The van der Waals surface area contributed by atoms with Gasteiger partial charge in [0.2, 0.25) is 5.91 Å². The van der Waals surface area contributed by atoms with E-state index < -0.39 is 24.5 Å². The second-order valence-electron chi connectivity index (χ2n) is 8.18. The number of thioether (sulfide) groups is 1. The summed E-state index contributed by atoms with van der Waals surface area (Å²) in [5.41, 5.74) is 1.78. The monoisotopic (exact) mass is 477 g/mol. The van der Waals surface area contributed by atoms with E-state index >= 15 is 0 Å². The molecule has 1 N–H and O–H groups in total. The first-order valence-electron chi connectivity index (χ1n) is 10.5. The lowest BCUT2D eigenvalue weighted by molar-refractivity contribution is -0.138. The summed E-state index contributed by atoms with van der Waals surface area (Å²) in [6, 6.07) is 8.59. The number of anilines is 1. The van der Waals surface area contributed by atoms with Crippen LogP contribution in [0.25, 0.3) is 10.9 Å². The fraction of sp³-hybridized carbons (Fsp3) is 0.455. The number of carbonyl (C=O) groups is 2. The quantitative estimate of drug-likeness (QED) is 0.688. The second kappa shape index (κ2) is 9.47. The van der Waals surface area contributed by atoms with Gasteiger partial charge >= 0.3 is 6.18 Å². The van der Waals surface area contributed by atoms with Crippen LogP contribution in [0.3, 0.4) is 0 Å². The van der Waals surface area contributed by atoms with Gasteiger partial charge in [0.25, 0.3) is 5.91 Å². The molecule has 0 spiro atoms. The number of fused-ring (bicyclic) bond motifs is 1. The molecule has 1 unspecified atom stereocenters. The lowest BCUT2D eigenvalue weighted by Crippen LogP contribution is -2.47. The van der Waals surface area contributed by atoms with E-state index in [9.17, 15) is 22.8 Å². The van der Waals surface area contributed by atoms with Crippen molar-refractivity contribution in [3.63, 3.8) is 0 Å². The predicted octanol–water partition coefficient (Wildman–Crippen LogP) is 3.17. The zero-order chi connectivity index (χ0) is 23.6. The molecule has 0 bridgehead atoms. The average molecular weight is 478 g/mol. The van der Waals surface area contributed by atoms with E-state index in [0.717, 1.165) is 5.69 Å². The number of hydrogen-bond donors (Lipinski definition) is 1. The van der Waals surface area contributed by atoms with E-state index in [1.165, 1.54) is 22.9 Å². The number of rotatable bonds is 6. The van der Waals surface area contributed by atoms with Crippen molar-refractivity contribution in [2.45, 2.75) is 25.1 Å². The van der Waals surface area contributed by atoms with Crippen LogP contribution < -0.4 is 10.2 Å². The third-order valence-electron chi connectivity index (χ3n) is 5.88. The molecule has 7 nitrogen and oxygen atoms in total. The van der Waals surface area contributed by atoms with Crippen LogP contribution in [-0.4, -0.2) is 65.2 Å². The molecule has 2 saturated heterocycles. The molecule has 4 rings (SSSR count). The normalized spacial score (nSPS) is 18.8. The van der Waals surface area contributed by atoms with Crippen molar-refractivity contribution in [1.82, 2.24) is 15.2 Å². The Morgan fingerprint density at radius 2 is 2.06 bits per heavy atom. The van der Waals surface area contributed by atoms with E-state index in [2.05, 4.69) is 16.4 Å². The Morgan fingerprint density at radius 1 is 1.27 bits per heavy atom. The van der Waals surface area contributed by atoms with Crippen molar-refractivity contribution in [1.29, 1.82) is 5.26 Å². The summed E-state index contributed by atoms with van der Waals surface area (Å²) >= 11 is 1.49. The Hall–Kier alpha value is -3.00. The maximum atomic E-state index is 12.8. The summed E-state index contributed by atoms with van der Waals surface area (Å²) in [6.45, 7) is 0.853. The summed E-state index contributed by atoms with van der Waals surface area (Å²) < 4.78 is 37.3. The highest BCUT2D eigenvalue weighted by Gasteiger charge is 2.33. The predicted molar refractivity (Wildman–Crippen MR) is 119 cm³/mol. The van der Waals surface area contributed by atoms with Crippen LogP contribution in [0, 0.1) is 17.2 Å². The van der Waals surface area contributed by atoms with Crippen molar-refractivity contribution < 1.29 is 22.8 Å². The largest absolute Gasteiger partial charge is 0.389 e. The van der Waals surface area contributed by atoms with E-state index in [1.807, 2.05) is 17.0 Å². The highest BCUT2D eigenvalue weighted by atomic mass is 32.2. The van der Waals surface area contributed by atoms with Crippen LogP contribution in [0.5, 0.6) is 0 Å². The van der Waals surface area contributed by atoms with Gasteiger partial charge < -0.3 is 15.1 Å². The minimum Gasteiger partial charge on any atom is -0.371 e. The third kappa shape index (κ3) is 5.33. The molecule has 1 atom stereocenters. The first kappa shape index (κ1) is 23.2. The number of halogens is 3. The second-order valence-corrected chi connectivity index (χ2v) is 9.18. The van der Waals surface area contributed by atoms with Gasteiger partial charge in [-0.1, -0.05) is 0 Å². The molecule has 2 aromatic rings. The lowest BCUT2D eigenvalue weighted by Gasteiger charge is -2.41. The molecular weight excluding hydrogens is 455 g/mol. The summed E-state index contributed by atoms with van der Waals surface area (Å²) in [4.78, 5) is 32.9. The molecule has 2 amide bonds. The molecule has 0 aliphatic carbocycles. The van der Waals surface area contributed by atoms with Crippen LogP contribution in [0.2, 0.25) is 0 Å². The van der Waals surface area contributed by atoms with Gasteiger partial charge in [0.05, 0.1) is 29.6 Å². The number of benzene rings is 1. The van der Waals surface area contributed by atoms with Gasteiger partial charge in [0.15, 0.2) is 0 Å². The van der Waals surface area contributed by atoms with Gasteiger partial charge in [-0.25, -0.2) is 0 Å². The van der Waals surface area contributed by atoms with Crippen LogP contribution in [0.15, 0.2) is 30.5 Å². The molecule has 1 aromatic carbocycles. The van der Waals surface area contributed by atoms with Gasteiger partial charge in [0.1, 0.15) is 6.04 Å². The minimum atomic E-state index is -4.14. The summed E-state index contributed by atoms with van der Waals surface area (Å²) in [7, 11) is 0. The summed E-state index contributed by atoms with van der Waals surface area (Å²) in [6.07, 6.45) is -3.29. The zero-order valence-corrected chi connectivity index (χ0v) is 18.5. The fourth-order valence-corrected chi connectivity index (χ4v) is 5.11. The van der Waals surface area contributed by atoms with Crippen LogP contribution >= 0.6 is 11.8 Å². The smallest absolute Gasteiger partial charge is 0.371 e. The van der Waals surface area contributed by atoms with Crippen molar-refractivity contribution in [2.24, 2.45) is 5.92 Å². The first-order chi connectivity index (χ1) is 15.7. The van der Waals surface area contributed by atoms with E-state index in [1.54, 1.807) is 12.1 Å². The maximum absolute atomic E-state index is 12.8. The van der Waals surface area contributed by atoms with E-state index in [-0.39, 0.29) is 24.8 Å². The number of nitriles is 1. The highest BCUT2D eigenvalue weighted by Crippen LogP contribution is 2.33. The van der Waals surface area contributed by atoms with Gasteiger partial charge in [-0.3, -0.25) is 14.6 Å². The Morgan fingerprint density at radius 3 is 2.79 bits per heavy atom. The van der Waals surface area contributed by atoms with Gasteiger partial charge in [-0.05, 0) is 36.6 Å². The fourth-order valence-electron chi connectivity index (χ4n) is 4.01. The van der Waals surface area contributed by atoms with Crippen molar-refractivity contribution >= 4 is 40.2 Å². The first-order valence-corrected chi connectivity index (χ1v) is 11.7.